The van der Waals surface area contributed by atoms with E-state index in [4.69, 9.17) is 4.74 Å². The van der Waals surface area contributed by atoms with Gasteiger partial charge in [-0.3, -0.25) is 14.4 Å². The molecule has 2 amide bonds. The SMILES string of the molecule is O=C(COC(=O)c1ccc(N2C(=O)CC(Sc3ccccc3)C2=O)cc1)c1ccc(Br)cc1. The van der Waals surface area contributed by atoms with Gasteiger partial charge in [0.2, 0.25) is 11.8 Å². The molecule has 0 bridgehead atoms. The molecule has 1 atom stereocenters. The van der Waals surface area contributed by atoms with Crippen LogP contribution < -0.4 is 4.90 Å². The summed E-state index contributed by atoms with van der Waals surface area (Å²) in [6, 6.07) is 22.2. The number of rotatable bonds is 7. The van der Waals surface area contributed by atoms with Crippen LogP contribution in [0, 0.1) is 0 Å². The van der Waals surface area contributed by atoms with Crippen LogP contribution in [0.5, 0.6) is 0 Å². The van der Waals surface area contributed by atoms with Gasteiger partial charge in [0.1, 0.15) is 0 Å². The summed E-state index contributed by atoms with van der Waals surface area (Å²) in [4.78, 5) is 51.9. The van der Waals surface area contributed by atoms with Gasteiger partial charge >= 0.3 is 5.97 Å². The number of nitrogens with zero attached hydrogens (tertiary/aromatic N) is 1. The monoisotopic (exact) mass is 523 g/mol. The van der Waals surface area contributed by atoms with Gasteiger partial charge in [0.15, 0.2) is 12.4 Å². The number of imide groups is 1. The number of carbonyl (C=O) groups is 4. The van der Waals surface area contributed by atoms with Crippen LogP contribution >= 0.6 is 27.7 Å². The second kappa shape index (κ2) is 10.1. The highest BCUT2D eigenvalue weighted by molar-refractivity contribution is 9.10. The van der Waals surface area contributed by atoms with Gasteiger partial charge in [-0.15, -0.1) is 11.8 Å². The molecule has 1 fully saturated rings. The number of benzene rings is 3. The smallest absolute Gasteiger partial charge is 0.338 e. The summed E-state index contributed by atoms with van der Waals surface area (Å²) in [5.41, 5.74) is 1.05. The lowest BCUT2D eigenvalue weighted by molar-refractivity contribution is -0.121. The van der Waals surface area contributed by atoms with Gasteiger partial charge < -0.3 is 4.74 Å². The van der Waals surface area contributed by atoms with Crippen LogP contribution in [-0.4, -0.2) is 35.4 Å². The van der Waals surface area contributed by atoms with Crippen molar-refractivity contribution in [2.75, 3.05) is 11.5 Å². The third-order valence-corrected chi connectivity index (χ3v) is 6.71. The third kappa shape index (κ3) is 5.40. The molecule has 166 valence electrons. The number of anilines is 1. The molecule has 0 radical (unpaired) electrons. The minimum absolute atomic E-state index is 0.111. The van der Waals surface area contributed by atoms with Crippen molar-refractivity contribution in [3.8, 4) is 0 Å². The molecule has 3 aromatic rings. The van der Waals surface area contributed by atoms with E-state index >= 15 is 0 Å². The molecule has 1 aliphatic rings. The average Bonchev–Trinajstić information content (AvgIpc) is 3.11. The number of hydrogen-bond donors (Lipinski definition) is 0. The average molecular weight is 524 g/mol. The molecule has 8 heteroatoms. The molecule has 3 aromatic carbocycles. The Labute approximate surface area is 203 Å². The number of ketones is 1. The molecule has 1 unspecified atom stereocenters. The van der Waals surface area contributed by atoms with Crippen LogP contribution in [0.25, 0.3) is 0 Å². The van der Waals surface area contributed by atoms with Gasteiger partial charge in [-0.05, 0) is 48.5 Å². The molecule has 0 N–H and O–H groups in total. The quantitative estimate of drug-likeness (QED) is 0.248. The van der Waals surface area contributed by atoms with Gasteiger partial charge in [-0.2, -0.15) is 0 Å². The van der Waals surface area contributed by atoms with E-state index < -0.39 is 11.2 Å². The molecule has 1 aliphatic heterocycles. The Kier molecular flexibility index (Phi) is 7.05. The van der Waals surface area contributed by atoms with Gasteiger partial charge in [-0.25, -0.2) is 9.69 Å². The van der Waals surface area contributed by atoms with Crippen molar-refractivity contribution < 1.29 is 23.9 Å². The molecule has 0 saturated carbocycles. The van der Waals surface area contributed by atoms with Crippen molar-refractivity contribution in [2.45, 2.75) is 16.6 Å². The molecule has 4 rings (SSSR count). The van der Waals surface area contributed by atoms with Crippen LogP contribution in [-0.2, 0) is 14.3 Å². The van der Waals surface area contributed by atoms with Crippen LogP contribution in [0.4, 0.5) is 5.69 Å². The highest BCUT2D eigenvalue weighted by Gasteiger charge is 2.40. The summed E-state index contributed by atoms with van der Waals surface area (Å²) in [6.07, 6.45) is 0.111. The minimum atomic E-state index is -0.663. The molecule has 0 aliphatic carbocycles. The van der Waals surface area contributed by atoms with Gasteiger partial charge in [-0.1, -0.05) is 46.3 Å². The Balaban J connectivity index is 1.37. The van der Waals surface area contributed by atoms with E-state index in [-0.39, 0.29) is 36.2 Å². The largest absolute Gasteiger partial charge is 0.454 e. The third-order valence-electron chi connectivity index (χ3n) is 4.99. The normalized spacial score (nSPS) is 15.5. The Bertz CT molecular complexity index is 1200. The zero-order valence-electron chi connectivity index (χ0n) is 17.3. The van der Waals surface area contributed by atoms with Crippen molar-refractivity contribution in [3.63, 3.8) is 0 Å². The summed E-state index contributed by atoms with van der Waals surface area (Å²) in [5, 5.41) is -0.492. The van der Waals surface area contributed by atoms with E-state index in [9.17, 15) is 19.2 Å². The Morgan fingerprint density at radius 2 is 1.55 bits per heavy atom. The molecular formula is C25H18BrNO5S. The second-order valence-corrected chi connectivity index (χ2v) is 9.44. The zero-order valence-corrected chi connectivity index (χ0v) is 19.7. The van der Waals surface area contributed by atoms with Crippen LogP contribution in [0.2, 0.25) is 0 Å². The lowest BCUT2D eigenvalue weighted by Crippen LogP contribution is -2.31. The molecule has 6 nitrogen and oxygen atoms in total. The van der Waals surface area contributed by atoms with Gasteiger partial charge in [0, 0.05) is 21.4 Å². The Hall–Kier alpha value is -3.23. The Morgan fingerprint density at radius 1 is 0.909 bits per heavy atom. The van der Waals surface area contributed by atoms with E-state index in [1.807, 2.05) is 30.3 Å². The van der Waals surface area contributed by atoms with Crippen molar-refractivity contribution in [3.05, 3.63) is 94.5 Å². The highest BCUT2D eigenvalue weighted by atomic mass is 79.9. The summed E-state index contributed by atoms with van der Waals surface area (Å²) in [7, 11) is 0. The molecule has 1 saturated heterocycles. The fourth-order valence-corrected chi connectivity index (χ4v) is 4.65. The first-order chi connectivity index (χ1) is 15.9. The van der Waals surface area contributed by atoms with Gasteiger partial charge in [0.05, 0.1) is 16.5 Å². The number of hydrogen-bond acceptors (Lipinski definition) is 6. The lowest BCUT2D eigenvalue weighted by Gasteiger charge is -2.15. The standard InChI is InChI=1S/C25H18BrNO5S/c26-18-10-6-16(7-11-18)21(28)15-32-25(31)17-8-12-19(13-9-17)27-23(29)14-22(24(27)30)33-20-4-2-1-3-5-20/h1-13,22H,14-15H2. The molecule has 1 heterocycles. The van der Waals surface area contributed by atoms with E-state index in [0.29, 0.717) is 11.3 Å². The predicted octanol–water partition coefficient (Wildman–Crippen LogP) is 4.91. The number of thioether (sulfide) groups is 1. The summed E-state index contributed by atoms with van der Waals surface area (Å²) in [6.45, 7) is -0.385. The van der Waals surface area contributed by atoms with E-state index in [2.05, 4.69) is 15.9 Å². The van der Waals surface area contributed by atoms with Crippen LogP contribution in [0.15, 0.2) is 88.2 Å². The number of amides is 2. The summed E-state index contributed by atoms with van der Waals surface area (Å²) < 4.78 is 5.96. The molecule has 0 aromatic heterocycles. The lowest BCUT2D eigenvalue weighted by atomic mass is 10.1. The fourth-order valence-electron chi connectivity index (χ4n) is 3.31. The maximum Gasteiger partial charge on any atom is 0.338 e. The number of carbonyl (C=O) groups excluding carboxylic acids is 4. The van der Waals surface area contributed by atoms with Crippen molar-refractivity contribution in [1.29, 1.82) is 0 Å². The van der Waals surface area contributed by atoms with Crippen LogP contribution in [0.3, 0.4) is 0 Å². The Morgan fingerprint density at radius 3 is 2.21 bits per heavy atom. The molecule has 33 heavy (non-hydrogen) atoms. The van der Waals surface area contributed by atoms with Crippen molar-refractivity contribution in [2.24, 2.45) is 0 Å². The molecule has 0 spiro atoms. The van der Waals surface area contributed by atoms with Crippen LogP contribution in [0.1, 0.15) is 27.1 Å². The minimum Gasteiger partial charge on any atom is -0.454 e. The summed E-state index contributed by atoms with van der Waals surface area (Å²) in [5.74, 6) is -1.56. The first-order valence-electron chi connectivity index (χ1n) is 10.1. The van der Waals surface area contributed by atoms with E-state index in [1.54, 1.807) is 24.3 Å². The number of Topliss-reactive ketones (excluding diaryl/α,β-unsaturated/α-hetero) is 1. The van der Waals surface area contributed by atoms with Crippen molar-refractivity contribution >= 4 is 56.9 Å². The predicted molar refractivity (Wildman–Crippen MR) is 128 cm³/mol. The fraction of sp³-hybridized carbons (Fsp3) is 0.120. The van der Waals surface area contributed by atoms with E-state index in [0.717, 1.165) is 14.3 Å². The maximum absolute atomic E-state index is 12.8. The highest BCUT2D eigenvalue weighted by Crippen LogP contribution is 2.33. The number of halogens is 1. The maximum atomic E-state index is 12.8. The van der Waals surface area contributed by atoms with Crippen molar-refractivity contribution in [1.82, 2.24) is 0 Å². The zero-order chi connectivity index (χ0) is 23.4. The van der Waals surface area contributed by atoms with Gasteiger partial charge in [0.25, 0.3) is 0 Å². The second-order valence-electron chi connectivity index (χ2n) is 7.24. The van der Waals surface area contributed by atoms with E-state index in [1.165, 1.54) is 36.0 Å². The number of esters is 1. The molecular weight excluding hydrogens is 506 g/mol. The summed E-state index contributed by atoms with van der Waals surface area (Å²) >= 11 is 4.66. The first kappa shape index (κ1) is 22.9. The first-order valence-corrected chi connectivity index (χ1v) is 11.7. The topological polar surface area (TPSA) is 80.8 Å². The number of ether oxygens (including phenoxy) is 1.